The molecule has 0 aliphatic rings. The molecule has 0 atom stereocenters. The molecule has 2 aromatic heterocycles. The first kappa shape index (κ1) is 7.35. The van der Waals surface area contributed by atoms with Crippen molar-refractivity contribution in [3.05, 3.63) is 22.9 Å². The first-order valence-corrected chi connectivity index (χ1v) is 4.46. The van der Waals surface area contributed by atoms with Crippen LogP contribution in [0.2, 0.25) is 0 Å². The van der Waals surface area contributed by atoms with Gasteiger partial charge in [-0.3, -0.25) is 9.89 Å². The van der Waals surface area contributed by atoms with Gasteiger partial charge in [-0.1, -0.05) is 0 Å². The van der Waals surface area contributed by atoms with Crippen LogP contribution in [0.25, 0.3) is 11.0 Å². The molecule has 0 saturated heterocycles. The molecule has 6 heteroatoms. The van der Waals surface area contributed by atoms with Crippen molar-refractivity contribution >= 4 is 23.0 Å². The minimum absolute atomic E-state index is 0.153. The van der Waals surface area contributed by atoms with Gasteiger partial charge in [0.25, 0.3) is 5.56 Å². The third-order valence-electron chi connectivity index (χ3n) is 1.51. The highest BCUT2D eigenvalue weighted by molar-refractivity contribution is 7.97. The normalized spacial score (nSPS) is 10.8. The summed E-state index contributed by atoms with van der Waals surface area (Å²) < 4.78 is 1.61. The van der Waals surface area contributed by atoms with Crippen molar-refractivity contribution in [2.75, 3.05) is 6.26 Å². The van der Waals surface area contributed by atoms with Crippen LogP contribution in [0.15, 0.2) is 17.3 Å². The van der Waals surface area contributed by atoms with E-state index in [0.717, 1.165) is 0 Å². The molecule has 2 heterocycles. The largest absolute Gasteiger partial charge is 0.276 e. The molecule has 0 fully saturated rings. The van der Waals surface area contributed by atoms with E-state index in [1.165, 1.54) is 24.5 Å². The maximum Gasteiger partial charge on any atom is 0.276 e. The quantitative estimate of drug-likeness (QED) is 0.686. The molecule has 0 unspecified atom stereocenters. The Morgan fingerprint density at radius 3 is 3.25 bits per heavy atom. The smallest absolute Gasteiger partial charge is 0.267 e. The molecule has 0 aliphatic carbocycles. The van der Waals surface area contributed by atoms with Crippen LogP contribution in [0.4, 0.5) is 0 Å². The van der Waals surface area contributed by atoms with Gasteiger partial charge in [0.05, 0.1) is 0 Å². The standard InChI is InChI=1S/C6H6N4OS/c1-12-10-5-4(6(11)9-10)2-7-3-8-5/h2-3H,1H3,(H,9,11). The monoisotopic (exact) mass is 182 g/mol. The van der Waals surface area contributed by atoms with Crippen molar-refractivity contribution in [1.29, 1.82) is 0 Å². The van der Waals surface area contributed by atoms with Gasteiger partial charge in [-0.15, -0.1) is 0 Å². The van der Waals surface area contributed by atoms with Gasteiger partial charge in [-0.25, -0.2) is 14.1 Å². The molecule has 2 aromatic rings. The number of fused-ring (bicyclic) bond motifs is 1. The summed E-state index contributed by atoms with van der Waals surface area (Å²) >= 11 is 1.39. The van der Waals surface area contributed by atoms with E-state index >= 15 is 0 Å². The fourth-order valence-corrected chi connectivity index (χ4v) is 1.48. The fourth-order valence-electron chi connectivity index (χ4n) is 0.983. The minimum Gasteiger partial charge on any atom is -0.267 e. The van der Waals surface area contributed by atoms with Crippen molar-refractivity contribution in [2.24, 2.45) is 0 Å². The Morgan fingerprint density at radius 2 is 2.50 bits per heavy atom. The highest BCUT2D eigenvalue weighted by Gasteiger charge is 2.05. The molecule has 0 radical (unpaired) electrons. The summed E-state index contributed by atoms with van der Waals surface area (Å²) in [6, 6.07) is 0. The molecule has 0 bridgehead atoms. The molecule has 2 rings (SSSR count). The highest BCUT2D eigenvalue weighted by Crippen LogP contribution is 2.07. The van der Waals surface area contributed by atoms with Gasteiger partial charge in [0.2, 0.25) is 0 Å². The molecule has 0 amide bonds. The zero-order valence-corrected chi connectivity index (χ0v) is 7.13. The van der Waals surface area contributed by atoms with E-state index in [4.69, 9.17) is 0 Å². The summed E-state index contributed by atoms with van der Waals surface area (Å²) in [6.07, 6.45) is 4.79. The number of nitrogens with one attached hydrogen (secondary N) is 1. The Morgan fingerprint density at radius 1 is 1.67 bits per heavy atom. The Labute approximate surface area is 71.9 Å². The fraction of sp³-hybridized carbons (Fsp3) is 0.167. The van der Waals surface area contributed by atoms with Crippen LogP contribution in [0.3, 0.4) is 0 Å². The Balaban J connectivity index is 2.91. The number of aromatic amines is 1. The molecule has 0 aromatic carbocycles. The van der Waals surface area contributed by atoms with Crippen molar-refractivity contribution in [2.45, 2.75) is 0 Å². The summed E-state index contributed by atoms with van der Waals surface area (Å²) in [6.45, 7) is 0. The zero-order chi connectivity index (χ0) is 8.55. The second-order valence-corrected chi connectivity index (χ2v) is 2.91. The Kier molecular flexibility index (Phi) is 1.61. The van der Waals surface area contributed by atoms with Gasteiger partial charge in [0.1, 0.15) is 11.7 Å². The third kappa shape index (κ3) is 0.918. The average molecular weight is 182 g/mol. The van der Waals surface area contributed by atoms with Gasteiger partial charge in [-0.05, 0) is 11.9 Å². The SMILES string of the molecule is CSn1[nH]c(=O)c2cncnc21. The number of H-pyrrole nitrogens is 1. The molecular formula is C6H6N4OS. The van der Waals surface area contributed by atoms with E-state index in [-0.39, 0.29) is 5.56 Å². The summed E-state index contributed by atoms with van der Waals surface area (Å²) in [4.78, 5) is 18.9. The summed E-state index contributed by atoms with van der Waals surface area (Å²) in [5.41, 5.74) is 0.474. The lowest BCUT2D eigenvalue weighted by atomic mass is 10.4. The van der Waals surface area contributed by atoms with E-state index in [9.17, 15) is 4.79 Å². The van der Waals surface area contributed by atoms with E-state index in [0.29, 0.717) is 11.0 Å². The summed E-state index contributed by atoms with van der Waals surface area (Å²) in [5, 5.41) is 3.14. The lowest BCUT2D eigenvalue weighted by Gasteiger charge is -1.93. The van der Waals surface area contributed by atoms with Crippen LogP contribution in [0.5, 0.6) is 0 Å². The van der Waals surface area contributed by atoms with Crippen molar-refractivity contribution in [3.63, 3.8) is 0 Å². The van der Waals surface area contributed by atoms with Gasteiger partial charge < -0.3 is 0 Å². The Bertz CT molecular complexity index is 460. The molecule has 0 aliphatic heterocycles. The first-order chi connectivity index (χ1) is 5.83. The zero-order valence-electron chi connectivity index (χ0n) is 6.31. The van der Waals surface area contributed by atoms with Crippen molar-refractivity contribution in [1.82, 2.24) is 19.2 Å². The maximum atomic E-state index is 11.2. The summed E-state index contributed by atoms with van der Waals surface area (Å²) in [5.74, 6) is 0. The van der Waals surface area contributed by atoms with Gasteiger partial charge in [0, 0.05) is 12.5 Å². The van der Waals surface area contributed by atoms with Crippen LogP contribution in [-0.2, 0) is 0 Å². The average Bonchev–Trinajstić information content (AvgIpc) is 2.44. The van der Waals surface area contributed by atoms with Crippen LogP contribution >= 0.6 is 11.9 Å². The lowest BCUT2D eigenvalue weighted by Crippen LogP contribution is -2.00. The molecule has 62 valence electrons. The first-order valence-electron chi connectivity index (χ1n) is 3.28. The van der Waals surface area contributed by atoms with Crippen LogP contribution in [0.1, 0.15) is 0 Å². The highest BCUT2D eigenvalue weighted by atomic mass is 32.2. The van der Waals surface area contributed by atoms with Crippen LogP contribution in [0, 0.1) is 0 Å². The second kappa shape index (κ2) is 2.63. The predicted octanol–water partition coefficient (Wildman–Crippen LogP) is 0.246. The van der Waals surface area contributed by atoms with E-state index in [1.807, 2.05) is 6.26 Å². The maximum absolute atomic E-state index is 11.2. The van der Waals surface area contributed by atoms with E-state index < -0.39 is 0 Å². The van der Waals surface area contributed by atoms with E-state index in [2.05, 4.69) is 15.1 Å². The Hall–Kier alpha value is -1.30. The van der Waals surface area contributed by atoms with Gasteiger partial charge in [0.15, 0.2) is 5.65 Å². The number of nitrogens with zero attached hydrogens (tertiary/aromatic N) is 3. The van der Waals surface area contributed by atoms with Gasteiger partial charge in [-0.2, -0.15) is 0 Å². The molecule has 0 saturated carbocycles. The number of hydrogen-bond donors (Lipinski definition) is 1. The van der Waals surface area contributed by atoms with E-state index in [1.54, 1.807) is 4.09 Å². The number of rotatable bonds is 1. The molecule has 5 nitrogen and oxygen atoms in total. The number of aromatic nitrogens is 4. The predicted molar refractivity (Wildman–Crippen MR) is 47.1 cm³/mol. The molecule has 1 N–H and O–H groups in total. The van der Waals surface area contributed by atoms with Crippen LogP contribution < -0.4 is 5.56 Å². The minimum atomic E-state index is -0.153. The lowest BCUT2D eigenvalue weighted by molar-refractivity contribution is 0.995. The molecular weight excluding hydrogens is 176 g/mol. The summed E-state index contributed by atoms with van der Waals surface area (Å²) in [7, 11) is 0. The molecule has 0 spiro atoms. The third-order valence-corrected chi connectivity index (χ3v) is 2.14. The molecule has 12 heavy (non-hydrogen) atoms. The van der Waals surface area contributed by atoms with Crippen LogP contribution in [-0.4, -0.2) is 25.4 Å². The van der Waals surface area contributed by atoms with Crippen molar-refractivity contribution in [3.8, 4) is 0 Å². The topological polar surface area (TPSA) is 63.6 Å². The number of hydrogen-bond acceptors (Lipinski definition) is 4. The van der Waals surface area contributed by atoms with Gasteiger partial charge >= 0.3 is 0 Å². The van der Waals surface area contributed by atoms with Crippen molar-refractivity contribution < 1.29 is 0 Å². The second-order valence-electron chi connectivity index (χ2n) is 2.18.